The normalized spacial score (nSPS) is 28.3. The summed E-state index contributed by atoms with van der Waals surface area (Å²) in [6.07, 6.45) is 20.1. The molecule has 3 fully saturated rings. The molecule has 0 unspecified atom stereocenters. The van der Waals surface area contributed by atoms with Gasteiger partial charge in [-0.1, -0.05) is 124 Å². The molecule has 0 N–H and O–H groups in total. The van der Waals surface area contributed by atoms with Gasteiger partial charge in [0.1, 0.15) is 5.75 Å². The van der Waals surface area contributed by atoms with E-state index >= 15 is 0 Å². The number of hydrogen-bond donors (Lipinski definition) is 0. The van der Waals surface area contributed by atoms with Gasteiger partial charge in [0, 0.05) is 0 Å². The number of hydrogen-bond acceptors (Lipinski definition) is 3. The third kappa shape index (κ3) is 10.2. The zero-order chi connectivity index (χ0) is 39.1. The Balaban J connectivity index is 1.52. The van der Waals surface area contributed by atoms with Crippen molar-refractivity contribution in [1.29, 1.82) is 0 Å². The second kappa shape index (κ2) is 15.7. The van der Waals surface area contributed by atoms with Gasteiger partial charge in [-0.05, 0) is 147 Å². The average Bonchev–Trinajstić information content (AvgIpc) is 3.34. The lowest BCUT2D eigenvalue weighted by Gasteiger charge is -2.45. The van der Waals surface area contributed by atoms with Crippen LogP contribution in [-0.4, -0.2) is 37.2 Å². The van der Waals surface area contributed by atoms with Crippen LogP contribution in [0.15, 0.2) is 53.6 Å². The maximum absolute atomic E-state index is 7.12. The molecule has 3 saturated carbocycles. The predicted octanol–water partition coefficient (Wildman–Crippen LogP) is 14.8. The first-order valence-electron chi connectivity index (χ1n) is 20.9. The smallest absolute Gasteiger partial charge is 0.250 e. The van der Waals surface area contributed by atoms with Gasteiger partial charge in [0.2, 0.25) is 8.32 Å². The molecule has 0 radical (unpaired) electrons. The molecular formula is C46H80O3Si3. The van der Waals surface area contributed by atoms with Crippen LogP contribution in [0.5, 0.6) is 5.75 Å². The summed E-state index contributed by atoms with van der Waals surface area (Å²) in [5.41, 5.74) is 4.83. The lowest BCUT2D eigenvalue weighted by atomic mass is 9.61. The lowest BCUT2D eigenvalue weighted by molar-refractivity contribution is 0.0725. The Bertz CT molecular complexity index is 1430. The van der Waals surface area contributed by atoms with E-state index in [9.17, 15) is 0 Å². The molecule has 0 heterocycles. The van der Waals surface area contributed by atoms with Crippen molar-refractivity contribution in [3.63, 3.8) is 0 Å². The van der Waals surface area contributed by atoms with Crippen LogP contribution in [0, 0.1) is 23.2 Å². The first-order valence-corrected chi connectivity index (χ1v) is 29.6. The molecule has 294 valence electrons. The third-order valence-corrected chi connectivity index (χ3v) is 28.3. The molecule has 0 aliphatic heterocycles. The number of rotatable bonds is 10. The number of benzene rings is 1. The zero-order valence-corrected chi connectivity index (χ0v) is 39.9. The molecule has 6 heteroatoms. The summed E-state index contributed by atoms with van der Waals surface area (Å²) >= 11 is 0. The molecule has 0 amide bonds. The highest BCUT2D eigenvalue weighted by Gasteiger charge is 2.50. The van der Waals surface area contributed by atoms with E-state index in [2.05, 4.69) is 164 Å². The van der Waals surface area contributed by atoms with Gasteiger partial charge in [0.05, 0.1) is 12.2 Å². The summed E-state index contributed by atoms with van der Waals surface area (Å²) in [5.74, 6) is 2.94. The topological polar surface area (TPSA) is 27.7 Å². The van der Waals surface area contributed by atoms with Gasteiger partial charge in [0.25, 0.3) is 0 Å². The van der Waals surface area contributed by atoms with Crippen molar-refractivity contribution in [2.75, 3.05) is 0 Å². The average molecular weight is 765 g/mol. The monoisotopic (exact) mass is 765 g/mol. The molecule has 0 spiro atoms. The summed E-state index contributed by atoms with van der Waals surface area (Å²) in [7, 11) is -5.66. The van der Waals surface area contributed by atoms with Crippen molar-refractivity contribution < 1.29 is 13.3 Å². The Labute approximate surface area is 325 Å². The standard InChI is InChI=1S/C46H80O3Si3/c1-34(23-24-35-20-18-22-38(30-35)47-50(12,13)43(2,3)4)41-27-28-42-37(21-19-29-46(41,42)11)26-25-36-31-39(48-51(14,15)44(5,6)7)33-40(32-36)49-52(16,17)45(8,9)10/h18,20,22-26,30,34,39-42H,19,21,27-29,31-33H2,1-17H3/b24-23+,37-26+/t34-,39+,40+,41+,42-,46+/m0/s1. The van der Waals surface area contributed by atoms with Crippen molar-refractivity contribution in [3.8, 4) is 5.75 Å². The van der Waals surface area contributed by atoms with Crippen molar-refractivity contribution in [3.05, 3.63) is 59.2 Å². The molecule has 1 aromatic carbocycles. The molecular weight excluding hydrogens is 685 g/mol. The summed E-state index contributed by atoms with van der Waals surface area (Å²) in [6, 6.07) is 8.76. The van der Waals surface area contributed by atoms with E-state index in [1.54, 1.807) is 5.57 Å². The predicted molar refractivity (Wildman–Crippen MR) is 235 cm³/mol. The zero-order valence-electron chi connectivity index (χ0n) is 36.9. The van der Waals surface area contributed by atoms with E-state index < -0.39 is 25.0 Å². The van der Waals surface area contributed by atoms with Gasteiger partial charge in [-0.2, -0.15) is 0 Å². The van der Waals surface area contributed by atoms with Crippen LogP contribution in [0.25, 0.3) is 6.08 Å². The molecule has 52 heavy (non-hydrogen) atoms. The summed E-state index contributed by atoms with van der Waals surface area (Å²) in [5, 5.41) is 0.589. The fourth-order valence-electron chi connectivity index (χ4n) is 8.53. The van der Waals surface area contributed by atoms with E-state index in [1.807, 2.05) is 0 Å². The summed E-state index contributed by atoms with van der Waals surface area (Å²) < 4.78 is 20.9. The van der Waals surface area contributed by atoms with Crippen LogP contribution < -0.4 is 4.43 Å². The van der Waals surface area contributed by atoms with Crippen LogP contribution >= 0.6 is 0 Å². The summed E-state index contributed by atoms with van der Waals surface area (Å²) in [4.78, 5) is 0. The third-order valence-electron chi connectivity index (χ3n) is 14.9. The molecule has 3 nitrogen and oxygen atoms in total. The Morgan fingerprint density at radius 1 is 0.769 bits per heavy atom. The maximum Gasteiger partial charge on any atom is 0.250 e. The van der Waals surface area contributed by atoms with Gasteiger partial charge < -0.3 is 13.3 Å². The molecule has 0 saturated heterocycles. The van der Waals surface area contributed by atoms with Gasteiger partial charge in [0.15, 0.2) is 16.6 Å². The van der Waals surface area contributed by atoms with Crippen molar-refractivity contribution in [2.45, 2.75) is 194 Å². The highest BCUT2D eigenvalue weighted by Crippen LogP contribution is 2.59. The maximum atomic E-state index is 7.12. The molecule has 0 aromatic heterocycles. The van der Waals surface area contributed by atoms with E-state index in [0.29, 0.717) is 23.2 Å². The second-order valence-corrected chi connectivity index (χ2v) is 36.2. The summed E-state index contributed by atoms with van der Waals surface area (Å²) in [6.45, 7) is 40.5. The van der Waals surface area contributed by atoms with Gasteiger partial charge in [-0.15, -0.1) is 0 Å². The quantitative estimate of drug-likeness (QED) is 0.222. The number of fused-ring (bicyclic) bond motifs is 1. The van der Waals surface area contributed by atoms with Crippen LogP contribution in [0.2, 0.25) is 54.4 Å². The number of allylic oxidation sites excluding steroid dienone is 4. The minimum atomic E-state index is -1.89. The largest absolute Gasteiger partial charge is 0.543 e. The van der Waals surface area contributed by atoms with E-state index in [1.165, 1.54) is 43.2 Å². The Kier molecular flexibility index (Phi) is 13.2. The minimum absolute atomic E-state index is 0.186. The van der Waals surface area contributed by atoms with Crippen LogP contribution in [0.4, 0.5) is 0 Å². The molecule has 3 aliphatic carbocycles. The second-order valence-electron chi connectivity index (χ2n) is 22.0. The highest BCUT2D eigenvalue weighted by molar-refractivity contribution is 6.75. The van der Waals surface area contributed by atoms with E-state index in [0.717, 1.165) is 25.0 Å². The van der Waals surface area contributed by atoms with Crippen LogP contribution in [0.1, 0.15) is 133 Å². The first-order chi connectivity index (χ1) is 23.7. The first kappa shape index (κ1) is 43.5. The minimum Gasteiger partial charge on any atom is -0.543 e. The van der Waals surface area contributed by atoms with Crippen LogP contribution in [-0.2, 0) is 8.85 Å². The van der Waals surface area contributed by atoms with E-state index in [4.69, 9.17) is 13.3 Å². The molecule has 3 aliphatic rings. The van der Waals surface area contributed by atoms with Crippen molar-refractivity contribution >= 4 is 31.0 Å². The van der Waals surface area contributed by atoms with Crippen LogP contribution in [0.3, 0.4) is 0 Å². The molecule has 1 aromatic rings. The Morgan fingerprint density at radius 2 is 1.33 bits per heavy atom. The fourth-order valence-corrected chi connectivity index (χ4v) is 12.3. The van der Waals surface area contributed by atoms with Crippen molar-refractivity contribution in [2.24, 2.45) is 23.2 Å². The lowest BCUT2D eigenvalue weighted by Crippen LogP contribution is -2.48. The van der Waals surface area contributed by atoms with Gasteiger partial charge in [-0.25, -0.2) is 0 Å². The molecule has 0 bridgehead atoms. The molecule has 4 rings (SSSR count). The Morgan fingerprint density at radius 3 is 1.87 bits per heavy atom. The van der Waals surface area contributed by atoms with Gasteiger partial charge >= 0.3 is 0 Å². The van der Waals surface area contributed by atoms with Crippen molar-refractivity contribution in [1.82, 2.24) is 0 Å². The van der Waals surface area contributed by atoms with Gasteiger partial charge in [-0.3, -0.25) is 0 Å². The Hall–Kier alpha value is -1.19. The SMILES string of the molecule is C[C@@H](/C=C/c1cccc(O[Si](C)(C)C(C)(C)C)c1)[C@H]1CC[C@H]2/C(=C/C=C3C[C@@H](O[Si](C)(C)C(C)(C)C)C[C@H](O[Si](C)(C)C(C)(C)C)C3)CCC[C@]12C. The fraction of sp³-hybridized carbons (Fsp3) is 0.739. The van der Waals surface area contributed by atoms with E-state index in [-0.39, 0.29) is 27.3 Å². The highest BCUT2D eigenvalue weighted by atomic mass is 28.4. The molecule has 6 atom stereocenters.